The van der Waals surface area contributed by atoms with Gasteiger partial charge in [0.05, 0.1) is 0 Å². The van der Waals surface area contributed by atoms with E-state index in [1.54, 1.807) is 0 Å². The average Bonchev–Trinajstić information content (AvgIpc) is 2.40. The van der Waals surface area contributed by atoms with Crippen LogP contribution in [0.2, 0.25) is 0 Å². The van der Waals surface area contributed by atoms with Gasteiger partial charge < -0.3 is 5.73 Å². The molecule has 0 aromatic carbocycles. The van der Waals surface area contributed by atoms with Crippen molar-refractivity contribution in [2.75, 3.05) is 0 Å². The summed E-state index contributed by atoms with van der Waals surface area (Å²) in [7, 11) is 0. The van der Waals surface area contributed by atoms with Crippen LogP contribution in [-0.4, -0.2) is 10.4 Å². The second-order valence-corrected chi connectivity index (χ2v) is 3.94. The van der Waals surface area contributed by atoms with Crippen LogP contribution < -0.4 is 5.73 Å². The molecule has 0 saturated heterocycles. The van der Waals surface area contributed by atoms with E-state index in [2.05, 4.69) is 6.92 Å². The highest BCUT2D eigenvalue weighted by molar-refractivity contribution is 8.14. The summed E-state index contributed by atoms with van der Waals surface area (Å²) in [5.41, 5.74) is 5.21. The van der Waals surface area contributed by atoms with E-state index in [0.717, 1.165) is 5.92 Å². The first kappa shape index (κ1) is 6.93. The Morgan fingerprint density at radius 3 is 2.67 bits per heavy atom. The van der Waals surface area contributed by atoms with Gasteiger partial charge in [0.1, 0.15) is 0 Å². The Morgan fingerprint density at radius 1 is 1.78 bits per heavy atom. The third-order valence-corrected chi connectivity index (χ3v) is 2.61. The van der Waals surface area contributed by atoms with Crippen LogP contribution in [0.15, 0.2) is 0 Å². The van der Waals surface area contributed by atoms with E-state index in [9.17, 15) is 0 Å². The molecule has 1 aliphatic carbocycles. The monoisotopic (exact) mass is 144 g/mol. The van der Waals surface area contributed by atoms with Gasteiger partial charge >= 0.3 is 0 Å². The molecule has 1 fully saturated rings. The number of hydrogen-bond donors (Lipinski definition) is 2. The smallest absolute Gasteiger partial charge is 0.151 e. The number of nitrogens with two attached hydrogens (primary N) is 1. The highest BCUT2D eigenvalue weighted by Crippen LogP contribution is 2.38. The van der Waals surface area contributed by atoms with Crippen LogP contribution in [0.1, 0.15) is 19.8 Å². The maximum Gasteiger partial charge on any atom is 0.151 e. The summed E-state index contributed by atoms with van der Waals surface area (Å²) in [6.07, 6.45) is 2.67. The molecule has 3 heteroatoms. The summed E-state index contributed by atoms with van der Waals surface area (Å²) in [6, 6.07) is 0. The molecule has 0 radical (unpaired) electrons. The van der Waals surface area contributed by atoms with E-state index in [-0.39, 0.29) is 5.17 Å². The molecule has 1 unspecified atom stereocenters. The van der Waals surface area contributed by atoms with Gasteiger partial charge in [-0.1, -0.05) is 18.7 Å². The summed E-state index contributed by atoms with van der Waals surface area (Å²) in [5.74, 6) is 0.846. The summed E-state index contributed by atoms with van der Waals surface area (Å²) in [6.45, 7) is 2.14. The van der Waals surface area contributed by atoms with Crippen molar-refractivity contribution in [1.82, 2.24) is 0 Å². The van der Waals surface area contributed by atoms with Crippen molar-refractivity contribution in [1.29, 1.82) is 5.41 Å². The van der Waals surface area contributed by atoms with Crippen molar-refractivity contribution in [3.63, 3.8) is 0 Å². The van der Waals surface area contributed by atoms with Gasteiger partial charge in [-0.3, -0.25) is 5.41 Å². The van der Waals surface area contributed by atoms with Crippen LogP contribution in [-0.2, 0) is 0 Å². The zero-order valence-electron chi connectivity index (χ0n) is 5.55. The van der Waals surface area contributed by atoms with Crippen LogP contribution in [0.5, 0.6) is 0 Å². The van der Waals surface area contributed by atoms with Gasteiger partial charge in [0.25, 0.3) is 0 Å². The van der Waals surface area contributed by atoms with E-state index in [1.807, 2.05) is 0 Å². The van der Waals surface area contributed by atoms with Gasteiger partial charge in [0.15, 0.2) is 5.17 Å². The van der Waals surface area contributed by atoms with Crippen molar-refractivity contribution >= 4 is 16.9 Å². The molecule has 0 heterocycles. The highest BCUT2D eigenvalue weighted by atomic mass is 32.2. The summed E-state index contributed by atoms with van der Waals surface area (Å²) in [4.78, 5) is 0. The molecular formula is C6H12N2S. The standard InChI is InChI=1S/C6H12N2S/c1-4(5-2-3-5)9-6(7)8/h4-5H,2-3H2,1H3,(H3,7,8). The summed E-state index contributed by atoms with van der Waals surface area (Å²) < 4.78 is 0. The highest BCUT2D eigenvalue weighted by Gasteiger charge is 2.28. The maximum atomic E-state index is 6.99. The lowest BCUT2D eigenvalue weighted by Crippen LogP contribution is -2.10. The topological polar surface area (TPSA) is 49.9 Å². The second-order valence-electron chi connectivity index (χ2n) is 2.52. The molecule has 0 aliphatic heterocycles. The molecule has 1 atom stereocenters. The average molecular weight is 144 g/mol. The van der Waals surface area contributed by atoms with E-state index in [0.29, 0.717) is 5.25 Å². The van der Waals surface area contributed by atoms with E-state index in [4.69, 9.17) is 11.1 Å². The molecule has 2 nitrogen and oxygen atoms in total. The molecule has 1 saturated carbocycles. The normalized spacial score (nSPS) is 21.4. The fourth-order valence-electron chi connectivity index (χ4n) is 0.862. The molecule has 0 aromatic rings. The third-order valence-electron chi connectivity index (χ3n) is 1.60. The Morgan fingerprint density at radius 2 is 2.33 bits per heavy atom. The molecule has 0 amide bonds. The lowest BCUT2D eigenvalue weighted by Gasteiger charge is -2.05. The largest absolute Gasteiger partial charge is 0.379 e. The van der Waals surface area contributed by atoms with Crippen molar-refractivity contribution < 1.29 is 0 Å². The molecule has 52 valence electrons. The number of rotatable bonds is 2. The fourth-order valence-corrected chi connectivity index (χ4v) is 1.73. The van der Waals surface area contributed by atoms with Crippen molar-refractivity contribution in [3.8, 4) is 0 Å². The van der Waals surface area contributed by atoms with E-state index in [1.165, 1.54) is 24.6 Å². The Bertz CT molecular complexity index is 120. The molecule has 0 bridgehead atoms. The lowest BCUT2D eigenvalue weighted by atomic mass is 10.3. The van der Waals surface area contributed by atoms with Gasteiger partial charge in [-0.05, 0) is 18.8 Å². The zero-order chi connectivity index (χ0) is 6.85. The quantitative estimate of drug-likeness (QED) is 0.455. The Balaban J connectivity index is 2.17. The first-order valence-electron chi connectivity index (χ1n) is 3.21. The Hall–Kier alpha value is -0.180. The SMILES string of the molecule is CC(SC(=N)N)C1CC1. The van der Waals surface area contributed by atoms with Gasteiger partial charge in [-0.2, -0.15) is 0 Å². The third kappa shape index (κ3) is 2.26. The van der Waals surface area contributed by atoms with Gasteiger partial charge in [-0.25, -0.2) is 0 Å². The van der Waals surface area contributed by atoms with Gasteiger partial charge in [-0.15, -0.1) is 0 Å². The Kier molecular flexibility index (Phi) is 2.01. The predicted octanol–water partition coefficient (Wildman–Crippen LogP) is 1.41. The van der Waals surface area contributed by atoms with Gasteiger partial charge in [0, 0.05) is 5.25 Å². The van der Waals surface area contributed by atoms with Crippen LogP contribution in [0, 0.1) is 11.3 Å². The number of nitrogens with one attached hydrogen (secondary N) is 1. The second kappa shape index (κ2) is 2.60. The molecule has 9 heavy (non-hydrogen) atoms. The minimum Gasteiger partial charge on any atom is -0.379 e. The van der Waals surface area contributed by atoms with Gasteiger partial charge in [0.2, 0.25) is 0 Å². The number of hydrogen-bond acceptors (Lipinski definition) is 2. The van der Waals surface area contributed by atoms with Crippen LogP contribution in [0.3, 0.4) is 0 Å². The minimum absolute atomic E-state index is 0.259. The van der Waals surface area contributed by atoms with Crippen molar-refractivity contribution in [3.05, 3.63) is 0 Å². The molecule has 0 spiro atoms. The van der Waals surface area contributed by atoms with Crippen molar-refractivity contribution in [2.24, 2.45) is 11.7 Å². The number of amidine groups is 1. The molecular weight excluding hydrogens is 132 g/mol. The predicted molar refractivity (Wildman–Crippen MR) is 41.7 cm³/mol. The van der Waals surface area contributed by atoms with E-state index < -0.39 is 0 Å². The maximum absolute atomic E-state index is 6.99. The zero-order valence-corrected chi connectivity index (χ0v) is 6.37. The molecule has 3 N–H and O–H groups in total. The summed E-state index contributed by atoms with van der Waals surface area (Å²) in [5, 5.41) is 7.82. The minimum atomic E-state index is 0.259. The van der Waals surface area contributed by atoms with Crippen LogP contribution >= 0.6 is 11.8 Å². The fraction of sp³-hybridized carbons (Fsp3) is 0.833. The van der Waals surface area contributed by atoms with Crippen LogP contribution in [0.4, 0.5) is 0 Å². The number of thioether (sulfide) groups is 1. The van der Waals surface area contributed by atoms with E-state index >= 15 is 0 Å². The molecule has 0 aromatic heterocycles. The van der Waals surface area contributed by atoms with Crippen LogP contribution in [0.25, 0.3) is 0 Å². The first-order valence-corrected chi connectivity index (χ1v) is 4.09. The van der Waals surface area contributed by atoms with Crippen molar-refractivity contribution in [2.45, 2.75) is 25.0 Å². The molecule has 1 aliphatic rings. The summed E-state index contributed by atoms with van der Waals surface area (Å²) >= 11 is 1.49. The first-order chi connectivity index (χ1) is 4.20. The Labute approximate surface area is 59.7 Å². The molecule has 1 rings (SSSR count). The lowest BCUT2D eigenvalue weighted by molar-refractivity contribution is 0.824.